The summed E-state index contributed by atoms with van der Waals surface area (Å²) >= 11 is 0. The molecule has 0 aromatic heterocycles. The molecule has 0 bridgehead atoms. The van der Waals surface area contributed by atoms with Crippen LogP contribution in [0.2, 0.25) is 0 Å². The van der Waals surface area contributed by atoms with Crippen molar-refractivity contribution in [2.24, 2.45) is 0 Å². The fourth-order valence-corrected chi connectivity index (χ4v) is 2.77. The Kier molecular flexibility index (Phi) is 5.40. The molecule has 4 heteroatoms. The standard InChI is InChI=1S/C16H27N3O/c1-18(2)13-10-17-16(14-20)8-11-19(12-9-16)15-6-4-3-5-7-15/h3-7,17,20H,8-14H2,1-2H3. The molecule has 1 aliphatic heterocycles. The van der Waals surface area contributed by atoms with Crippen molar-refractivity contribution in [2.45, 2.75) is 18.4 Å². The van der Waals surface area contributed by atoms with Crippen LogP contribution < -0.4 is 10.2 Å². The van der Waals surface area contributed by atoms with Crippen molar-refractivity contribution in [3.8, 4) is 0 Å². The second-order valence-corrected chi connectivity index (χ2v) is 5.99. The first-order valence-electron chi connectivity index (χ1n) is 7.46. The largest absolute Gasteiger partial charge is 0.394 e. The van der Waals surface area contributed by atoms with Crippen molar-refractivity contribution in [1.82, 2.24) is 10.2 Å². The molecule has 0 spiro atoms. The van der Waals surface area contributed by atoms with Gasteiger partial charge in [0, 0.05) is 37.4 Å². The van der Waals surface area contributed by atoms with E-state index in [1.807, 2.05) is 6.07 Å². The van der Waals surface area contributed by atoms with Gasteiger partial charge in [0.05, 0.1) is 6.61 Å². The van der Waals surface area contributed by atoms with Crippen molar-refractivity contribution in [1.29, 1.82) is 0 Å². The van der Waals surface area contributed by atoms with Crippen molar-refractivity contribution in [3.63, 3.8) is 0 Å². The summed E-state index contributed by atoms with van der Waals surface area (Å²) in [5, 5.41) is 13.3. The molecule has 0 atom stereocenters. The monoisotopic (exact) mass is 277 g/mol. The van der Waals surface area contributed by atoms with E-state index >= 15 is 0 Å². The lowest BCUT2D eigenvalue weighted by Crippen LogP contribution is -2.57. The summed E-state index contributed by atoms with van der Waals surface area (Å²) < 4.78 is 0. The Labute approximate surface area is 122 Å². The van der Waals surface area contributed by atoms with E-state index in [2.05, 4.69) is 53.5 Å². The van der Waals surface area contributed by atoms with Crippen molar-refractivity contribution in [3.05, 3.63) is 30.3 Å². The van der Waals surface area contributed by atoms with Gasteiger partial charge >= 0.3 is 0 Å². The first-order chi connectivity index (χ1) is 9.65. The van der Waals surface area contributed by atoms with Crippen LogP contribution in [-0.4, -0.2) is 62.4 Å². The lowest BCUT2D eigenvalue weighted by atomic mass is 9.88. The van der Waals surface area contributed by atoms with Crippen molar-refractivity contribution < 1.29 is 5.11 Å². The van der Waals surface area contributed by atoms with Gasteiger partial charge in [0.25, 0.3) is 0 Å². The molecule has 2 N–H and O–H groups in total. The minimum atomic E-state index is -0.0959. The van der Waals surface area contributed by atoms with Gasteiger partial charge in [0.2, 0.25) is 0 Å². The first-order valence-corrected chi connectivity index (χ1v) is 7.46. The van der Waals surface area contributed by atoms with Crippen LogP contribution in [0.3, 0.4) is 0 Å². The van der Waals surface area contributed by atoms with Crippen LogP contribution in [0.15, 0.2) is 30.3 Å². The Balaban J connectivity index is 1.87. The SMILES string of the molecule is CN(C)CCNC1(CO)CCN(c2ccccc2)CC1. The molecule has 0 aliphatic carbocycles. The fraction of sp³-hybridized carbons (Fsp3) is 0.625. The van der Waals surface area contributed by atoms with Gasteiger partial charge < -0.3 is 20.2 Å². The number of aliphatic hydroxyl groups is 1. The average Bonchev–Trinajstić information content (AvgIpc) is 2.48. The number of rotatable bonds is 6. The van der Waals surface area contributed by atoms with Gasteiger partial charge in [0.15, 0.2) is 0 Å². The summed E-state index contributed by atoms with van der Waals surface area (Å²) in [6.45, 7) is 4.16. The van der Waals surface area contributed by atoms with Gasteiger partial charge in [-0.15, -0.1) is 0 Å². The zero-order chi connectivity index (χ0) is 14.4. The Morgan fingerprint density at radius 1 is 1.20 bits per heavy atom. The van der Waals surface area contributed by atoms with Crippen molar-refractivity contribution in [2.75, 3.05) is 51.8 Å². The number of nitrogens with zero attached hydrogens (tertiary/aromatic N) is 2. The number of benzene rings is 1. The molecule has 0 saturated carbocycles. The van der Waals surface area contributed by atoms with Crippen LogP contribution in [0.4, 0.5) is 5.69 Å². The third-order valence-corrected chi connectivity index (χ3v) is 4.20. The summed E-state index contributed by atoms with van der Waals surface area (Å²) in [6, 6.07) is 10.5. The van der Waals surface area contributed by atoms with Crippen LogP contribution in [0.25, 0.3) is 0 Å². The van der Waals surface area contributed by atoms with Crippen LogP contribution in [-0.2, 0) is 0 Å². The molecule has 20 heavy (non-hydrogen) atoms. The molecule has 1 aromatic carbocycles. The second-order valence-electron chi connectivity index (χ2n) is 5.99. The van der Waals surface area contributed by atoms with E-state index in [0.717, 1.165) is 39.0 Å². The molecule has 0 radical (unpaired) electrons. The van der Waals surface area contributed by atoms with Crippen LogP contribution >= 0.6 is 0 Å². The summed E-state index contributed by atoms with van der Waals surface area (Å²) in [5.41, 5.74) is 1.19. The lowest BCUT2D eigenvalue weighted by Gasteiger charge is -2.42. The quantitative estimate of drug-likeness (QED) is 0.819. The van der Waals surface area contributed by atoms with Gasteiger partial charge in [-0.2, -0.15) is 0 Å². The third kappa shape index (κ3) is 3.95. The molecule has 4 nitrogen and oxygen atoms in total. The van der Waals surface area contributed by atoms with Crippen molar-refractivity contribution >= 4 is 5.69 Å². The summed E-state index contributed by atoms with van der Waals surface area (Å²) in [7, 11) is 4.15. The summed E-state index contributed by atoms with van der Waals surface area (Å²) in [6.07, 6.45) is 1.98. The Morgan fingerprint density at radius 3 is 2.40 bits per heavy atom. The van der Waals surface area contributed by atoms with E-state index in [-0.39, 0.29) is 12.1 Å². The molecular weight excluding hydrogens is 250 g/mol. The molecule has 1 aliphatic rings. The van der Waals surface area contributed by atoms with Gasteiger partial charge in [-0.25, -0.2) is 0 Å². The Morgan fingerprint density at radius 2 is 1.85 bits per heavy atom. The number of para-hydroxylation sites is 1. The van der Waals surface area contributed by atoms with E-state index in [4.69, 9.17) is 0 Å². The van der Waals surface area contributed by atoms with Crippen LogP contribution in [0.1, 0.15) is 12.8 Å². The minimum absolute atomic E-state index is 0.0959. The maximum absolute atomic E-state index is 9.77. The predicted octanol–water partition coefficient (Wildman–Crippen LogP) is 1.17. The molecule has 0 amide bonds. The van der Waals surface area contributed by atoms with E-state index in [1.165, 1.54) is 5.69 Å². The topological polar surface area (TPSA) is 38.7 Å². The highest BCUT2D eigenvalue weighted by Gasteiger charge is 2.33. The molecule has 0 unspecified atom stereocenters. The highest BCUT2D eigenvalue weighted by atomic mass is 16.3. The number of hydrogen-bond donors (Lipinski definition) is 2. The molecule has 1 saturated heterocycles. The predicted molar refractivity (Wildman–Crippen MR) is 84.3 cm³/mol. The molecule has 1 aromatic rings. The smallest absolute Gasteiger partial charge is 0.0614 e. The zero-order valence-electron chi connectivity index (χ0n) is 12.7. The van der Waals surface area contributed by atoms with E-state index in [9.17, 15) is 5.11 Å². The van der Waals surface area contributed by atoms with Gasteiger partial charge in [-0.1, -0.05) is 18.2 Å². The summed E-state index contributed by atoms with van der Waals surface area (Å²) in [4.78, 5) is 4.57. The number of likely N-dealkylation sites (N-methyl/N-ethyl adjacent to an activating group) is 1. The normalized spacial score (nSPS) is 18.5. The maximum atomic E-state index is 9.77. The summed E-state index contributed by atoms with van der Waals surface area (Å²) in [5.74, 6) is 0. The molecular formula is C16H27N3O. The maximum Gasteiger partial charge on any atom is 0.0614 e. The number of nitrogens with one attached hydrogen (secondary N) is 1. The fourth-order valence-electron chi connectivity index (χ4n) is 2.77. The van der Waals surface area contributed by atoms with Gasteiger partial charge in [-0.05, 0) is 39.1 Å². The Bertz CT molecular complexity index is 386. The van der Waals surface area contributed by atoms with Gasteiger partial charge in [-0.3, -0.25) is 0 Å². The van der Waals surface area contributed by atoms with E-state index < -0.39 is 0 Å². The average molecular weight is 277 g/mol. The van der Waals surface area contributed by atoms with Gasteiger partial charge in [0.1, 0.15) is 0 Å². The lowest BCUT2D eigenvalue weighted by molar-refractivity contribution is 0.132. The highest BCUT2D eigenvalue weighted by molar-refractivity contribution is 5.46. The molecule has 1 fully saturated rings. The molecule has 1 heterocycles. The second kappa shape index (κ2) is 7.07. The molecule has 112 valence electrons. The zero-order valence-corrected chi connectivity index (χ0v) is 12.7. The number of aliphatic hydroxyl groups excluding tert-OH is 1. The van der Waals surface area contributed by atoms with E-state index in [1.54, 1.807) is 0 Å². The minimum Gasteiger partial charge on any atom is -0.394 e. The number of piperidine rings is 1. The van der Waals surface area contributed by atoms with E-state index in [0.29, 0.717) is 0 Å². The third-order valence-electron chi connectivity index (χ3n) is 4.20. The van der Waals surface area contributed by atoms with Crippen LogP contribution in [0, 0.1) is 0 Å². The molecule has 2 rings (SSSR count). The first kappa shape index (κ1) is 15.3. The number of hydrogen-bond acceptors (Lipinski definition) is 4. The highest BCUT2D eigenvalue weighted by Crippen LogP contribution is 2.25. The number of anilines is 1. The Hall–Kier alpha value is -1.10. The van der Waals surface area contributed by atoms with Crippen LogP contribution in [0.5, 0.6) is 0 Å².